The smallest absolute Gasteiger partial charge is 0.241 e. The van der Waals surface area contributed by atoms with Crippen molar-refractivity contribution in [3.63, 3.8) is 0 Å². The molecule has 0 aromatic heterocycles. The molecule has 1 fully saturated rings. The molecule has 1 heterocycles. The zero-order valence-electron chi connectivity index (χ0n) is 11.0. The highest BCUT2D eigenvalue weighted by Crippen LogP contribution is 2.17. The number of benzene rings is 1. The number of hydrogen-bond acceptors (Lipinski definition) is 3. The van der Waals surface area contributed by atoms with Gasteiger partial charge < -0.3 is 10.6 Å². The van der Waals surface area contributed by atoms with Crippen LogP contribution in [0.5, 0.6) is 0 Å². The molecule has 0 aliphatic carbocycles. The number of rotatable bonds is 3. The second-order valence-electron chi connectivity index (χ2n) is 4.96. The quantitative estimate of drug-likeness (QED) is 0.854. The Morgan fingerprint density at radius 1 is 1.33 bits per heavy atom. The molecule has 1 aromatic rings. The van der Waals surface area contributed by atoms with Gasteiger partial charge in [-0.1, -0.05) is 30.3 Å². The number of nitrogens with two attached hydrogens (primary N) is 1. The molecular weight excluding hydrogens is 226 g/mol. The van der Waals surface area contributed by atoms with Crippen LogP contribution in [0.15, 0.2) is 30.3 Å². The van der Waals surface area contributed by atoms with Gasteiger partial charge in [-0.2, -0.15) is 0 Å². The van der Waals surface area contributed by atoms with Gasteiger partial charge in [0.05, 0.1) is 0 Å². The van der Waals surface area contributed by atoms with Gasteiger partial charge >= 0.3 is 0 Å². The minimum atomic E-state index is -0.189. The SMILES string of the molecule is CC1CN(Cc2ccccc2)C(CN)C(=O)N1C. The van der Waals surface area contributed by atoms with Crippen LogP contribution in [0, 0.1) is 0 Å². The second-order valence-corrected chi connectivity index (χ2v) is 4.96. The van der Waals surface area contributed by atoms with Crippen LogP contribution in [0.2, 0.25) is 0 Å². The lowest BCUT2D eigenvalue weighted by atomic mass is 10.1. The largest absolute Gasteiger partial charge is 0.340 e. The second kappa shape index (κ2) is 5.50. The van der Waals surface area contributed by atoms with Crippen molar-refractivity contribution in [2.24, 2.45) is 5.73 Å². The van der Waals surface area contributed by atoms with Gasteiger partial charge in [0, 0.05) is 32.7 Å². The Kier molecular flexibility index (Phi) is 3.99. The molecule has 2 N–H and O–H groups in total. The third-order valence-corrected chi connectivity index (χ3v) is 3.69. The van der Waals surface area contributed by atoms with Gasteiger partial charge in [-0.05, 0) is 12.5 Å². The van der Waals surface area contributed by atoms with Crippen molar-refractivity contribution in [1.82, 2.24) is 9.80 Å². The van der Waals surface area contributed by atoms with Crippen molar-refractivity contribution in [1.29, 1.82) is 0 Å². The Morgan fingerprint density at radius 2 is 2.00 bits per heavy atom. The van der Waals surface area contributed by atoms with Gasteiger partial charge in [0.1, 0.15) is 6.04 Å². The molecule has 1 saturated heterocycles. The third-order valence-electron chi connectivity index (χ3n) is 3.69. The van der Waals surface area contributed by atoms with E-state index in [4.69, 9.17) is 5.73 Å². The fourth-order valence-corrected chi connectivity index (χ4v) is 2.44. The van der Waals surface area contributed by atoms with Crippen LogP contribution >= 0.6 is 0 Å². The van der Waals surface area contributed by atoms with Crippen LogP contribution in [-0.4, -0.2) is 47.9 Å². The molecule has 0 saturated carbocycles. The van der Waals surface area contributed by atoms with Crippen LogP contribution in [0.4, 0.5) is 0 Å². The molecule has 0 spiro atoms. The number of hydrogen-bond donors (Lipinski definition) is 1. The molecule has 2 rings (SSSR count). The topological polar surface area (TPSA) is 49.6 Å². The van der Waals surface area contributed by atoms with Gasteiger partial charge in [0.25, 0.3) is 0 Å². The Balaban J connectivity index is 2.13. The van der Waals surface area contributed by atoms with Crippen LogP contribution in [0.3, 0.4) is 0 Å². The van der Waals surface area contributed by atoms with E-state index >= 15 is 0 Å². The van der Waals surface area contributed by atoms with Crippen molar-refractivity contribution in [3.8, 4) is 0 Å². The zero-order valence-corrected chi connectivity index (χ0v) is 11.0. The summed E-state index contributed by atoms with van der Waals surface area (Å²) in [5.41, 5.74) is 6.98. The first-order valence-electron chi connectivity index (χ1n) is 6.38. The molecule has 1 amide bonds. The van der Waals surface area contributed by atoms with Crippen molar-refractivity contribution < 1.29 is 4.79 Å². The average Bonchev–Trinajstić information content (AvgIpc) is 2.38. The lowest BCUT2D eigenvalue weighted by Crippen LogP contribution is -2.61. The van der Waals surface area contributed by atoms with E-state index in [1.807, 2.05) is 25.2 Å². The first-order valence-corrected chi connectivity index (χ1v) is 6.38. The van der Waals surface area contributed by atoms with E-state index in [9.17, 15) is 4.79 Å². The Labute approximate surface area is 108 Å². The highest BCUT2D eigenvalue weighted by atomic mass is 16.2. The number of likely N-dealkylation sites (N-methyl/N-ethyl adjacent to an activating group) is 1. The minimum Gasteiger partial charge on any atom is -0.340 e. The van der Waals surface area contributed by atoms with E-state index in [2.05, 4.69) is 24.0 Å². The van der Waals surface area contributed by atoms with Crippen molar-refractivity contribution in [2.75, 3.05) is 20.1 Å². The van der Waals surface area contributed by atoms with Gasteiger partial charge in [-0.15, -0.1) is 0 Å². The zero-order chi connectivity index (χ0) is 13.1. The molecule has 0 bridgehead atoms. The van der Waals surface area contributed by atoms with Crippen LogP contribution < -0.4 is 5.73 Å². The maximum atomic E-state index is 12.2. The average molecular weight is 247 g/mol. The van der Waals surface area contributed by atoms with Crippen LogP contribution in [0.1, 0.15) is 12.5 Å². The van der Waals surface area contributed by atoms with Crippen molar-refractivity contribution in [3.05, 3.63) is 35.9 Å². The molecular formula is C14H21N3O. The summed E-state index contributed by atoms with van der Waals surface area (Å²) in [6, 6.07) is 10.3. The lowest BCUT2D eigenvalue weighted by Gasteiger charge is -2.42. The summed E-state index contributed by atoms with van der Waals surface area (Å²) in [5.74, 6) is 0.132. The number of amides is 1. The molecule has 1 aliphatic heterocycles. The molecule has 4 heteroatoms. The first kappa shape index (κ1) is 13.1. The minimum absolute atomic E-state index is 0.132. The molecule has 2 unspecified atom stereocenters. The molecule has 4 nitrogen and oxygen atoms in total. The Bertz CT molecular complexity index is 407. The predicted octanol–water partition coefficient (Wildman–Crippen LogP) is 0.676. The summed E-state index contributed by atoms with van der Waals surface area (Å²) in [6.45, 7) is 4.11. The molecule has 0 radical (unpaired) electrons. The fourth-order valence-electron chi connectivity index (χ4n) is 2.44. The van der Waals surface area contributed by atoms with E-state index < -0.39 is 0 Å². The molecule has 1 aromatic carbocycles. The molecule has 2 atom stereocenters. The summed E-state index contributed by atoms with van der Waals surface area (Å²) in [7, 11) is 1.86. The highest BCUT2D eigenvalue weighted by molar-refractivity contribution is 5.83. The fraction of sp³-hybridized carbons (Fsp3) is 0.500. The summed E-state index contributed by atoms with van der Waals surface area (Å²) < 4.78 is 0. The van der Waals surface area contributed by atoms with E-state index in [-0.39, 0.29) is 18.0 Å². The van der Waals surface area contributed by atoms with Gasteiger partial charge in [-0.3, -0.25) is 9.69 Å². The van der Waals surface area contributed by atoms with Gasteiger partial charge in [0.2, 0.25) is 5.91 Å². The molecule has 18 heavy (non-hydrogen) atoms. The van der Waals surface area contributed by atoms with E-state index in [1.54, 1.807) is 4.90 Å². The van der Waals surface area contributed by atoms with Gasteiger partial charge in [-0.25, -0.2) is 0 Å². The standard InChI is InChI=1S/C14H21N3O/c1-11-9-17(10-12-6-4-3-5-7-12)13(8-15)14(18)16(11)2/h3-7,11,13H,8-10,15H2,1-2H3. The third kappa shape index (κ3) is 2.54. The van der Waals surface area contributed by atoms with Crippen molar-refractivity contribution in [2.45, 2.75) is 25.6 Å². The predicted molar refractivity (Wildman–Crippen MR) is 71.9 cm³/mol. The first-order chi connectivity index (χ1) is 8.63. The maximum Gasteiger partial charge on any atom is 0.241 e. The maximum absolute atomic E-state index is 12.2. The number of piperazine rings is 1. The van der Waals surface area contributed by atoms with Crippen LogP contribution in [0.25, 0.3) is 0 Å². The van der Waals surface area contributed by atoms with E-state index in [0.29, 0.717) is 6.54 Å². The number of nitrogens with zero attached hydrogens (tertiary/aromatic N) is 2. The Morgan fingerprint density at radius 3 is 2.61 bits per heavy atom. The summed E-state index contributed by atoms with van der Waals surface area (Å²) >= 11 is 0. The summed E-state index contributed by atoms with van der Waals surface area (Å²) in [4.78, 5) is 16.2. The molecule has 1 aliphatic rings. The summed E-state index contributed by atoms with van der Waals surface area (Å²) in [5, 5.41) is 0. The number of carbonyl (C=O) groups is 1. The van der Waals surface area contributed by atoms with E-state index in [0.717, 1.165) is 13.1 Å². The Hall–Kier alpha value is -1.39. The van der Waals surface area contributed by atoms with Gasteiger partial charge in [0.15, 0.2) is 0 Å². The highest BCUT2D eigenvalue weighted by Gasteiger charge is 2.35. The van der Waals surface area contributed by atoms with Crippen LogP contribution in [-0.2, 0) is 11.3 Å². The summed E-state index contributed by atoms with van der Waals surface area (Å²) in [6.07, 6.45) is 0. The molecule has 98 valence electrons. The number of carbonyl (C=O) groups excluding carboxylic acids is 1. The normalized spacial score (nSPS) is 25.5. The van der Waals surface area contributed by atoms with E-state index in [1.165, 1.54) is 5.56 Å². The lowest BCUT2D eigenvalue weighted by molar-refractivity contribution is -0.143. The monoisotopic (exact) mass is 247 g/mol. The van der Waals surface area contributed by atoms with Crippen molar-refractivity contribution >= 4 is 5.91 Å².